The van der Waals surface area contributed by atoms with Gasteiger partial charge in [0.15, 0.2) is 0 Å². The van der Waals surface area contributed by atoms with E-state index >= 15 is 0 Å². The number of carbonyl (C=O) groups is 2. The minimum Gasteiger partial charge on any atom is -0.354 e. The molecule has 134 valence electrons. The number of carbonyl (C=O) groups excluding carboxylic acids is 2. The first kappa shape index (κ1) is 16.6. The minimum absolute atomic E-state index is 0.0861. The number of hydrogen-bond donors (Lipinski definition) is 2. The van der Waals surface area contributed by atoms with Crippen molar-refractivity contribution < 1.29 is 9.59 Å². The van der Waals surface area contributed by atoms with Crippen LogP contribution in [-0.2, 0) is 16.0 Å². The molecule has 4 fully saturated rings. The summed E-state index contributed by atoms with van der Waals surface area (Å²) in [5, 5.41) is 5.79. The molecule has 5 heteroatoms. The molecule has 1 aromatic rings. The molecule has 5 rings (SSSR count). The maximum atomic E-state index is 12.8. The molecule has 0 saturated heterocycles. The van der Waals surface area contributed by atoms with Gasteiger partial charge in [0.05, 0.1) is 6.54 Å². The van der Waals surface area contributed by atoms with E-state index in [2.05, 4.69) is 15.6 Å². The van der Waals surface area contributed by atoms with Gasteiger partial charge in [0.2, 0.25) is 11.8 Å². The Labute approximate surface area is 149 Å². The van der Waals surface area contributed by atoms with E-state index in [1.807, 2.05) is 18.2 Å². The lowest BCUT2D eigenvalue weighted by molar-refractivity contribution is -0.147. The fourth-order valence-electron chi connectivity index (χ4n) is 5.68. The number of hydrogen-bond acceptors (Lipinski definition) is 3. The van der Waals surface area contributed by atoms with Gasteiger partial charge in [-0.2, -0.15) is 0 Å². The van der Waals surface area contributed by atoms with Crippen LogP contribution in [0.1, 0.15) is 44.2 Å². The molecule has 0 radical (unpaired) electrons. The van der Waals surface area contributed by atoms with Crippen LogP contribution in [0.2, 0.25) is 0 Å². The van der Waals surface area contributed by atoms with Crippen LogP contribution >= 0.6 is 0 Å². The third kappa shape index (κ3) is 3.55. The summed E-state index contributed by atoms with van der Waals surface area (Å²) in [6.45, 7) is 0.631. The number of nitrogens with zero attached hydrogens (tertiary/aromatic N) is 1. The van der Waals surface area contributed by atoms with Crippen LogP contribution in [-0.4, -0.2) is 29.9 Å². The third-order valence-corrected chi connectivity index (χ3v) is 6.36. The van der Waals surface area contributed by atoms with Crippen molar-refractivity contribution in [3.63, 3.8) is 0 Å². The summed E-state index contributed by atoms with van der Waals surface area (Å²) in [5.74, 6) is 2.22. The molecule has 4 aliphatic carbocycles. The van der Waals surface area contributed by atoms with Crippen molar-refractivity contribution in [2.75, 3.05) is 13.1 Å². The number of pyridine rings is 1. The second kappa shape index (κ2) is 6.77. The van der Waals surface area contributed by atoms with Crippen molar-refractivity contribution in [1.29, 1.82) is 0 Å². The quantitative estimate of drug-likeness (QED) is 0.832. The maximum Gasteiger partial charge on any atom is 0.239 e. The summed E-state index contributed by atoms with van der Waals surface area (Å²) in [6, 6.07) is 5.76. The zero-order chi connectivity index (χ0) is 17.3. The molecular formula is C20H27N3O2. The molecule has 1 heterocycles. The number of nitrogens with one attached hydrogen (secondary N) is 2. The average molecular weight is 341 g/mol. The van der Waals surface area contributed by atoms with Crippen molar-refractivity contribution in [1.82, 2.24) is 15.6 Å². The lowest BCUT2D eigenvalue weighted by Crippen LogP contribution is -2.54. The minimum atomic E-state index is -0.178. The fourth-order valence-corrected chi connectivity index (χ4v) is 5.68. The third-order valence-electron chi connectivity index (χ3n) is 6.36. The van der Waals surface area contributed by atoms with Crippen molar-refractivity contribution in [3.05, 3.63) is 30.1 Å². The van der Waals surface area contributed by atoms with E-state index in [1.165, 1.54) is 19.3 Å². The summed E-state index contributed by atoms with van der Waals surface area (Å²) >= 11 is 0. The lowest BCUT2D eigenvalue weighted by Gasteiger charge is -2.55. The van der Waals surface area contributed by atoms with Crippen molar-refractivity contribution in [2.45, 2.75) is 44.9 Å². The van der Waals surface area contributed by atoms with Gasteiger partial charge in [0, 0.05) is 30.3 Å². The van der Waals surface area contributed by atoms with E-state index in [9.17, 15) is 9.59 Å². The van der Waals surface area contributed by atoms with Gasteiger partial charge >= 0.3 is 0 Å². The highest BCUT2D eigenvalue weighted by atomic mass is 16.2. The van der Waals surface area contributed by atoms with Crippen molar-refractivity contribution in [2.24, 2.45) is 23.2 Å². The van der Waals surface area contributed by atoms with Crippen LogP contribution in [0.4, 0.5) is 0 Å². The topological polar surface area (TPSA) is 71.1 Å². The first-order chi connectivity index (χ1) is 12.1. The van der Waals surface area contributed by atoms with Crippen LogP contribution < -0.4 is 10.6 Å². The number of amides is 2. The Hall–Kier alpha value is -1.91. The van der Waals surface area contributed by atoms with Crippen LogP contribution in [0, 0.1) is 23.2 Å². The molecule has 5 nitrogen and oxygen atoms in total. The van der Waals surface area contributed by atoms with Gasteiger partial charge in [-0.25, -0.2) is 0 Å². The SMILES string of the molecule is O=C(CNC(=O)C12CC3CC(CC(C3)C1)C2)NCCc1ccccn1. The molecule has 0 aliphatic heterocycles. The van der Waals surface area contributed by atoms with Gasteiger partial charge in [-0.05, 0) is 68.4 Å². The number of aromatic nitrogens is 1. The second-order valence-corrected chi connectivity index (χ2v) is 8.30. The molecule has 0 unspecified atom stereocenters. The Balaban J connectivity index is 1.23. The van der Waals surface area contributed by atoms with Crippen LogP contribution in [0.25, 0.3) is 0 Å². The van der Waals surface area contributed by atoms with E-state index in [1.54, 1.807) is 6.20 Å². The number of rotatable bonds is 6. The van der Waals surface area contributed by atoms with Gasteiger partial charge in [0.25, 0.3) is 0 Å². The molecule has 1 aromatic heterocycles. The zero-order valence-electron chi connectivity index (χ0n) is 14.7. The normalized spacial score (nSPS) is 32.4. The second-order valence-electron chi connectivity index (χ2n) is 8.30. The van der Waals surface area contributed by atoms with E-state index in [0.717, 1.165) is 42.7 Å². The first-order valence-electron chi connectivity index (χ1n) is 9.58. The zero-order valence-corrected chi connectivity index (χ0v) is 14.7. The predicted octanol–water partition coefficient (Wildman–Crippen LogP) is 2.07. The molecule has 4 saturated carbocycles. The Kier molecular flexibility index (Phi) is 4.48. The van der Waals surface area contributed by atoms with Gasteiger partial charge in [-0.15, -0.1) is 0 Å². The summed E-state index contributed by atoms with van der Waals surface area (Å²) < 4.78 is 0. The summed E-state index contributed by atoms with van der Waals surface area (Å²) in [4.78, 5) is 29.0. The van der Waals surface area contributed by atoms with Gasteiger partial charge < -0.3 is 10.6 Å². The maximum absolute atomic E-state index is 12.8. The molecule has 0 atom stereocenters. The highest BCUT2D eigenvalue weighted by Crippen LogP contribution is 2.60. The monoisotopic (exact) mass is 341 g/mol. The van der Waals surface area contributed by atoms with Gasteiger partial charge in [-0.1, -0.05) is 6.07 Å². The Morgan fingerprint density at radius 3 is 2.32 bits per heavy atom. The lowest BCUT2D eigenvalue weighted by atomic mass is 9.49. The molecule has 2 N–H and O–H groups in total. The van der Waals surface area contributed by atoms with Gasteiger partial charge in [0.1, 0.15) is 0 Å². The van der Waals surface area contributed by atoms with Crippen LogP contribution in [0.15, 0.2) is 24.4 Å². The summed E-state index contributed by atoms with van der Waals surface area (Å²) in [7, 11) is 0. The Bertz CT molecular complexity index is 608. The van der Waals surface area contributed by atoms with E-state index < -0.39 is 0 Å². The van der Waals surface area contributed by atoms with Crippen LogP contribution in [0.3, 0.4) is 0 Å². The smallest absolute Gasteiger partial charge is 0.239 e. The van der Waals surface area contributed by atoms with E-state index in [0.29, 0.717) is 13.0 Å². The van der Waals surface area contributed by atoms with E-state index in [4.69, 9.17) is 0 Å². The predicted molar refractivity (Wildman–Crippen MR) is 94.6 cm³/mol. The largest absolute Gasteiger partial charge is 0.354 e. The molecule has 4 bridgehead atoms. The standard InChI is InChI=1S/C20H27N3O2/c24-18(22-6-4-17-3-1-2-5-21-17)13-23-19(25)20-10-14-7-15(11-20)9-16(8-14)12-20/h1-3,5,14-16H,4,6-13H2,(H,22,24)(H,23,25). The summed E-state index contributed by atoms with van der Waals surface area (Å²) in [6.07, 6.45) is 9.52. The highest BCUT2D eigenvalue weighted by Gasteiger charge is 2.54. The molecule has 0 spiro atoms. The molecule has 4 aliphatic rings. The van der Waals surface area contributed by atoms with Crippen molar-refractivity contribution >= 4 is 11.8 Å². The summed E-state index contributed by atoms with van der Waals surface area (Å²) in [5.41, 5.74) is 0.781. The average Bonchev–Trinajstić information content (AvgIpc) is 2.59. The highest BCUT2D eigenvalue weighted by molar-refractivity contribution is 5.88. The van der Waals surface area contributed by atoms with Crippen LogP contribution in [0.5, 0.6) is 0 Å². The van der Waals surface area contributed by atoms with Gasteiger partial charge in [-0.3, -0.25) is 14.6 Å². The van der Waals surface area contributed by atoms with Crippen molar-refractivity contribution in [3.8, 4) is 0 Å². The molecule has 25 heavy (non-hydrogen) atoms. The fraction of sp³-hybridized carbons (Fsp3) is 0.650. The molecule has 2 amide bonds. The molecule has 0 aromatic carbocycles. The Morgan fingerprint density at radius 1 is 1.04 bits per heavy atom. The molecular weight excluding hydrogens is 314 g/mol. The van der Waals surface area contributed by atoms with E-state index in [-0.39, 0.29) is 23.8 Å². The Morgan fingerprint density at radius 2 is 1.72 bits per heavy atom. The first-order valence-corrected chi connectivity index (χ1v) is 9.58.